The van der Waals surface area contributed by atoms with Crippen LogP contribution in [0.25, 0.3) is 0 Å². The summed E-state index contributed by atoms with van der Waals surface area (Å²) < 4.78 is 5.95. The van der Waals surface area contributed by atoms with Gasteiger partial charge in [-0.2, -0.15) is 0 Å². The van der Waals surface area contributed by atoms with E-state index in [1.807, 2.05) is 0 Å². The summed E-state index contributed by atoms with van der Waals surface area (Å²) in [7, 11) is 0. The van der Waals surface area contributed by atoms with E-state index in [4.69, 9.17) is 4.74 Å². The molecule has 3 N–H and O–H groups in total. The van der Waals surface area contributed by atoms with E-state index in [0.717, 1.165) is 70.6 Å². The second kappa shape index (κ2) is 51.1. The number of hydrogen-bond donors (Lipinski definition) is 3. The number of carbonyl (C=O) groups excluding carboxylic acids is 2. The zero-order chi connectivity index (χ0) is 45.9. The molecule has 0 saturated heterocycles. The first-order valence-electron chi connectivity index (χ1n) is 27.7. The molecule has 0 aliphatic rings. The fraction of sp³-hybridized carbons (Fsp3) is 0.860. The Labute approximate surface area is 392 Å². The van der Waals surface area contributed by atoms with Gasteiger partial charge in [0.05, 0.1) is 25.2 Å². The van der Waals surface area contributed by atoms with Crippen molar-refractivity contribution in [2.24, 2.45) is 0 Å². The van der Waals surface area contributed by atoms with Gasteiger partial charge >= 0.3 is 5.97 Å². The van der Waals surface area contributed by atoms with Gasteiger partial charge in [0.1, 0.15) is 6.10 Å². The van der Waals surface area contributed by atoms with Gasteiger partial charge in [-0.15, -0.1) is 0 Å². The minimum Gasteiger partial charge on any atom is -0.462 e. The lowest BCUT2D eigenvalue weighted by molar-refractivity contribution is -0.151. The number of esters is 1. The molecule has 0 saturated carbocycles. The first kappa shape index (κ1) is 61.1. The highest BCUT2D eigenvalue weighted by molar-refractivity contribution is 5.77. The molecule has 0 aromatic carbocycles. The van der Waals surface area contributed by atoms with Crippen molar-refractivity contribution in [1.29, 1.82) is 0 Å². The van der Waals surface area contributed by atoms with E-state index in [-0.39, 0.29) is 24.9 Å². The molecular weight excluding hydrogens is 779 g/mol. The molecule has 0 aliphatic heterocycles. The van der Waals surface area contributed by atoms with Gasteiger partial charge in [-0.25, -0.2) is 0 Å². The van der Waals surface area contributed by atoms with Crippen LogP contribution in [0.4, 0.5) is 0 Å². The number of carbonyl (C=O) groups is 2. The lowest BCUT2D eigenvalue weighted by Gasteiger charge is -2.24. The number of hydrogen-bond acceptors (Lipinski definition) is 5. The molecule has 0 radical (unpaired) electrons. The van der Waals surface area contributed by atoms with Gasteiger partial charge in [0.15, 0.2) is 0 Å². The van der Waals surface area contributed by atoms with Crippen LogP contribution in [-0.4, -0.2) is 46.9 Å². The number of amides is 1. The lowest BCUT2D eigenvalue weighted by Crippen LogP contribution is -2.46. The van der Waals surface area contributed by atoms with E-state index in [2.05, 4.69) is 62.5 Å². The molecule has 1 amide bonds. The third kappa shape index (κ3) is 46.4. The molecule has 0 rings (SSSR count). The maximum atomic E-state index is 13.2. The molecule has 6 heteroatoms. The Morgan fingerprint density at radius 1 is 0.460 bits per heavy atom. The van der Waals surface area contributed by atoms with E-state index in [9.17, 15) is 19.8 Å². The normalized spacial score (nSPS) is 13.4. The summed E-state index contributed by atoms with van der Waals surface area (Å²) in [6.45, 7) is 6.46. The second-order valence-electron chi connectivity index (χ2n) is 19.0. The topological polar surface area (TPSA) is 95.9 Å². The molecule has 0 aromatic heterocycles. The van der Waals surface area contributed by atoms with Crippen molar-refractivity contribution in [2.45, 2.75) is 309 Å². The van der Waals surface area contributed by atoms with Crippen molar-refractivity contribution in [2.75, 3.05) is 6.61 Å². The molecule has 0 aromatic rings. The van der Waals surface area contributed by atoms with Gasteiger partial charge in [-0.1, -0.05) is 231 Å². The van der Waals surface area contributed by atoms with E-state index in [1.54, 1.807) is 0 Å². The quantitative estimate of drug-likeness (QED) is 0.0321. The van der Waals surface area contributed by atoms with E-state index in [1.165, 1.54) is 173 Å². The molecule has 370 valence electrons. The average molecular weight is 886 g/mol. The van der Waals surface area contributed by atoms with Crippen LogP contribution in [0.15, 0.2) is 36.5 Å². The van der Waals surface area contributed by atoms with Gasteiger partial charge in [-0.05, 0) is 83.5 Å². The molecule has 3 unspecified atom stereocenters. The molecule has 0 heterocycles. The fourth-order valence-corrected chi connectivity index (χ4v) is 8.46. The Morgan fingerprint density at radius 3 is 1.25 bits per heavy atom. The highest BCUT2D eigenvalue weighted by Gasteiger charge is 2.24. The Balaban J connectivity index is 4.53. The third-order valence-corrected chi connectivity index (χ3v) is 12.7. The zero-order valence-electron chi connectivity index (χ0n) is 42.2. The highest BCUT2D eigenvalue weighted by atomic mass is 16.5. The smallest absolute Gasteiger partial charge is 0.306 e. The molecule has 0 fully saturated rings. The number of ether oxygens (including phenoxy) is 1. The number of aliphatic hydroxyl groups is 2. The van der Waals surface area contributed by atoms with Gasteiger partial charge in [0, 0.05) is 6.42 Å². The summed E-state index contributed by atoms with van der Waals surface area (Å²) >= 11 is 0. The molecule has 6 nitrogen and oxygen atoms in total. The highest BCUT2D eigenvalue weighted by Crippen LogP contribution is 2.18. The second-order valence-corrected chi connectivity index (χ2v) is 19.0. The van der Waals surface area contributed by atoms with Crippen LogP contribution in [0.5, 0.6) is 0 Å². The predicted octanol–water partition coefficient (Wildman–Crippen LogP) is 16.8. The predicted molar refractivity (Wildman–Crippen MR) is 273 cm³/mol. The van der Waals surface area contributed by atoms with E-state index >= 15 is 0 Å². The third-order valence-electron chi connectivity index (χ3n) is 12.7. The van der Waals surface area contributed by atoms with Crippen LogP contribution in [-0.2, 0) is 14.3 Å². The number of nitrogens with one attached hydrogen (secondary N) is 1. The van der Waals surface area contributed by atoms with Crippen LogP contribution < -0.4 is 5.32 Å². The summed E-state index contributed by atoms with van der Waals surface area (Å²) in [6.07, 6.45) is 60.7. The van der Waals surface area contributed by atoms with Gasteiger partial charge < -0.3 is 20.3 Å². The summed E-state index contributed by atoms with van der Waals surface area (Å²) in [6, 6.07) is -0.704. The number of allylic oxidation sites excluding steroid dienone is 6. The average Bonchev–Trinajstić information content (AvgIpc) is 3.28. The molecular formula is C57H107NO5. The van der Waals surface area contributed by atoms with E-state index in [0.29, 0.717) is 19.3 Å². The zero-order valence-corrected chi connectivity index (χ0v) is 42.2. The first-order valence-corrected chi connectivity index (χ1v) is 27.7. The molecule has 0 spiro atoms. The van der Waals surface area contributed by atoms with Gasteiger partial charge in [-0.3, -0.25) is 9.59 Å². The summed E-state index contributed by atoms with van der Waals surface area (Å²) in [5.74, 6) is -0.479. The minimum absolute atomic E-state index is 0.0700. The van der Waals surface area contributed by atoms with Crippen molar-refractivity contribution in [3.8, 4) is 0 Å². The van der Waals surface area contributed by atoms with Crippen molar-refractivity contribution in [1.82, 2.24) is 5.32 Å². The van der Waals surface area contributed by atoms with Crippen molar-refractivity contribution < 1.29 is 24.5 Å². The number of rotatable bonds is 50. The van der Waals surface area contributed by atoms with Crippen LogP contribution in [0.2, 0.25) is 0 Å². The Bertz CT molecular complexity index is 1040. The molecule has 0 aliphatic carbocycles. The first-order chi connectivity index (χ1) is 31.0. The van der Waals surface area contributed by atoms with Gasteiger partial charge in [0.2, 0.25) is 5.91 Å². The van der Waals surface area contributed by atoms with Gasteiger partial charge in [0.25, 0.3) is 0 Å². The van der Waals surface area contributed by atoms with Crippen LogP contribution >= 0.6 is 0 Å². The van der Waals surface area contributed by atoms with Crippen LogP contribution in [0.1, 0.15) is 290 Å². The lowest BCUT2D eigenvalue weighted by atomic mass is 10.0. The summed E-state index contributed by atoms with van der Waals surface area (Å²) in [5.41, 5.74) is 0. The Morgan fingerprint density at radius 2 is 0.810 bits per heavy atom. The summed E-state index contributed by atoms with van der Waals surface area (Å²) in [4.78, 5) is 26.2. The molecule has 0 bridgehead atoms. The number of aliphatic hydroxyl groups excluding tert-OH is 2. The fourth-order valence-electron chi connectivity index (χ4n) is 8.46. The molecule has 3 atom stereocenters. The van der Waals surface area contributed by atoms with E-state index < -0.39 is 18.2 Å². The SMILES string of the molecule is CCCCC/C=C\C/C=C\CCCCCCCC(CC(=O)NC(CO)C(O)CCCCCCCCCCCC)OC(=O)CCCCCCCCCCC/C=C/CCCCCCCC. The maximum Gasteiger partial charge on any atom is 0.306 e. The monoisotopic (exact) mass is 886 g/mol. The van der Waals surface area contributed by atoms with Crippen molar-refractivity contribution in [3.05, 3.63) is 36.5 Å². The van der Waals surface area contributed by atoms with Crippen LogP contribution in [0.3, 0.4) is 0 Å². The maximum absolute atomic E-state index is 13.2. The molecule has 63 heavy (non-hydrogen) atoms. The standard InChI is InChI=1S/C57H107NO5/c1-4-7-10-13-16-19-22-24-26-27-28-29-31-33-35-38-41-44-47-50-57(62)63-53(48-45-42-39-36-34-32-30-25-23-20-17-14-11-8-5-2)51-56(61)58-54(52-59)55(60)49-46-43-40-37-21-18-15-12-9-6-3/h17,20,24-26,30,53-55,59-60H,4-16,18-19,21-23,27-29,31-52H2,1-3H3,(H,58,61)/b20-17-,26-24+,30-25-. The van der Waals surface area contributed by atoms with Crippen molar-refractivity contribution in [3.63, 3.8) is 0 Å². The summed E-state index contributed by atoms with van der Waals surface area (Å²) in [5, 5.41) is 23.8. The Kier molecular flexibility index (Phi) is 49.5. The minimum atomic E-state index is -0.789. The largest absolute Gasteiger partial charge is 0.462 e. The Hall–Kier alpha value is -1.92. The van der Waals surface area contributed by atoms with Crippen LogP contribution in [0, 0.1) is 0 Å². The van der Waals surface area contributed by atoms with Crippen molar-refractivity contribution >= 4 is 11.9 Å². The number of unbranched alkanes of at least 4 members (excludes halogenated alkanes) is 32.